The Morgan fingerprint density at radius 3 is 1.95 bits per heavy atom. The molecule has 2 aliphatic rings. The van der Waals surface area contributed by atoms with Gasteiger partial charge in [0.25, 0.3) is 0 Å². The van der Waals surface area contributed by atoms with E-state index < -0.39 is 0 Å². The van der Waals surface area contributed by atoms with Gasteiger partial charge in [-0.3, -0.25) is 0 Å². The van der Waals surface area contributed by atoms with E-state index in [9.17, 15) is 5.11 Å². The van der Waals surface area contributed by atoms with Gasteiger partial charge < -0.3 is 5.11 Å². The molecule has 2 bridgehead atoms. The molecule has 0 amide bonds. The first kappa shape index (κ1) is 13.8. The Bertz CT molecular complexity index is 630. The van der Waals surface area contributed by atoms with Crippen molar-refractivity contribution in [1.29, 1.82) is 0 Å². The minimum Gasteiger partial charge on any atom is -0.396 e. The molecule has 22 heavy (non-hydrogen) atoms. The molecule has 0 unspecified atom stereocenters. The summed E-state index contributed by atoms with van der Waals surface area (Å²) in [5.41, 5.74) is 5.67. The fourth-order valence-electron chi connectivity index (χ4n) is 4.56. The van der Waals surface area contributed by atoms with Crippen LogP contribution in [0.15, 0.2) is 66.2 Å². The Labute approximate surface area is 132 Å². The van der Waals surface area contributed by atoms with Gasteiger partial charge in [-0.05, 0) is 53.7 Å². The topological polar surface area (TPSA) is 20.2 Å². The van der Waals surface area contributed by atoms with Gasteiger partial charge in [-0.15, -0.1) is 0 Å². The van der Waals surface area contributed by atoms with Crippen molar-refractivity contribution >= 4 is 5.57 Å². The summed E-state index contributed by atoms with van der Waals surface area (Å²) in [5, 5.41) is 9.71. The normalized spacial score (nSPS) is 26.4. The van der Waals surface area contributed by atoms with Crippen molar-refractivity contribution in [1.82, 2.24) is 0 Å². The van der Waals surface area contributed by atoms with Crippen LogP contribution in [0.1, 0.15) is 30.4 Å². The molecule has 0 radical (unpaired) electrons. The summed E-state index contributed by atoms with van der Waals surface area (Å²) in [5.74, 6) is 1.71. The van der Waals surface area contributed by atoms with Crippen molar-refractivity contribution in [3.05, 3.63) is 77.4 Å². The average molecular weight is 290 g/mol. The van der Waals surface area contributed by atoms with Crippen molar-refractivity contribution in [2.45, 2.75) is 19.3 Å². The monoisotopic (exact) mass is 290 g/mol. The van der Waals surface area contributed by atoms with Crippen LogP contribution in [0.25, 0.3) is 5.57 Å². The lowest BCUT2D eigenvalue weighted by molar-refractivity contribution is 0.180. The zero-order valence-corrected chi connectivity index (χ0v) is 12.8. The van der Waals surface area contributed by atoms with E-state index in [1.54, 1.807) is 5.57 Å². The summed E-state index contributed by atoms with van der Waals surface area (Å²) in [6.07, 6.45) is 3.70. The van der Waals surface area contributed by atoms with E-state index in [1.807, 2.05) is 0 Å². The molecule has 2 aromatic rings. The lowest BCUT2D eigenvalue weighted by Gasteiger charge is -2.19. The maximum atomic E-state index is 9.71. The van der Waals surface area contributed by atoms with Crippen LogP contribution < -0.4 is 0 Å². The molecule has 2 fully saturated rings. The molecule has 112 valence electrons. The highest BCUT2D eigenvalue weighted by molar-refractivity contribution is 5.83. The van der Waals surface area contributed by atoms with Crippen LogP contribution >= 0.6 is 0 Å². The standard InChI is InChI=1S/C21H22O/c22-14-18-13-17-11-12-19(18)21(17)20(15-7-3-1-4-8-15)16-9-5-2-6-10-16/h1-10,17-19,22H,11-14H2/t17-,18+,19+/m0/s1. The van der Waals surface area contributed by atoms with Gasteiger partial charge in [-0.1, -0.05) is 66.2 Å². The van der Waals surface area contributed by atoms with Crippen LogP contribution in [0, 0.1) is 17.8 Å². The fourth-order valence-corrected chi connectivity index (χ4v) is 4.56. The van der Waals surface area contributed by atoms with Gasteiger partial charge in [0.15, 0.2) is 0 Å². The van der Waals surface area contributed by atoms with Crippen molar-refractivity contribution in [3.8, 4) is 0 Å². The first-order chi connectivity index (χ1) is 10.9. The second kappa shape index (κ2) is 5.73. The molecule has 1 heteroatoms. The molecule has 2 saturated carbocycles. The summed E-state index contributed by atoms with van der Waals surface area (Å²) < 4.78 is 0. The lowest BCUT2D eigenvalue weighted by Crippen LogP contribution is -2.14. The lowest BCUT2D eigenvalue weighted by atomic mass is 9.86. The molecule has 0 saturated heterocycles. The van der Waals surface area contributed by atoms with Gasteiger partial charge in [0.05, 0.1) is 0 Å². The van der Waals surface area contributed by atoms with Crippen LogP contribution in [0.2, 0.25) is 0 Å². The van der Waals surface area contributed by atoms with Gasteiger partial charge in [0, 0.05) is 6.61 Å². The fraction of sp³-hybridized carbons (Fsp3) is 0.333. The largest absolute Gasteiger partial charge is 0.396 e. The maximum absolute atomic E-state index is 9.71. The molecule has 2 aliphatic carbocycles. The highest BCUT2D eigenvalue weighted by Gasteiger charge is 2.45. The molecular weight excluding hydrogens is 268 g/mol. The third kappa shape index (κ3) is 2.21. The van der Waals surface area contributed by atoms with Gasteiger partial charge in [0.1, 0.15) is 0 Å². The Kier molecular flexibility index (Phi) is 3.59. The average Bonchev–Trinajstić information content (AvgIpc) is 3.15. The zero-order chi connectivity index (χ0) is 14.9. The van der Waals surface area contributed by atoms with Gasteiger partial charge >= 0.3 is 0 Å². The summed E-state index contributed by atoms with van der Waals surface area (Å²) in [7, 11) is 0. The number of allylic oxidation sites excluding steroid dienone is 1. The van der Waals surface area contributed by atoms with Crippen molar-refractivity contribution in [2.75, 3.05) is 6.61 Å². The third-order valence-electron chi connectivity index (χ3n) is 5.47. The zero-order valence-electron chi connectivity index (χ0n) is 12.8. The number of rotatable bonds is 3. The molecule has 1 N–H and O–H groups in total. The van der Waals surface area contributed by atoms with Crippen LogP contribution in [0.4, 0.5) is 0 Å². The second-order valence-electron chi connectivity index (χ2n) is 6.62. The first-order valence-corrected chi connectivity index (χ1v) is 8.34. The van der Waals surface area contributed by atoms with Crippen LogP contribution in [-0.4, -0.2) is 11.7 Å². The minimum atomic E-state index is 0.335. The van der Waals surface area contributed by atoms with E-state index >= 15 is 0 Å². The molecule has 1 nitrogen and oxygen atoms in total. The highest BCUT2D eigenvalue weighted by Crippen LogP contribution is 2.55. The van der Waals surface area contributed by atoms with Gasteiger partial charge in [-0.25, -0.2) is 0 Å². The Hall–Kier alpha value is -1.86. The van der Waals surface area contributed by atoms with Gasteiger partial charge in [-0.2, -0.15) is 0 Å². The van der Waals surface area contributed by atoms with Crippen LogP contribution in [0.3, 0.4) is 0 Å². The predicted molar refractivity (Wildman–Crippen MR) is 90.3 cm³/mol. The van der Waals surface area contributed by atoms with E-state index in [2.05, 4.69) is 60.7 Å². The van der Waals surface area contributed by atoms with Crippen LogP contribution in [0.5, 0.6) is 0 Å². The van der Waals surface area contributed by atoms with E-state index in [4.69, 9.17) is 0 Å². The molecule has 0 aliphatic heterocycles. The Morgan fingerprint density at radius 2 is 1.45 bits per heavy atom. The van der Waals surface area contributed by atoms with Crippen molar-refractivity contribution < 1.29 is 5.11 Å². The minimum absolute atomic E-state index is 0.335. The second-order valence-corrected chi connectivity index (χ2v) is 6.62. The number of hydrogen-bond donors (Lipinski definition) is 1. The highest BCUT2D eigenvalue weighted by atomic mass is 16.3. The Balaban J connectivity index is 1.91. The molecule has 2 aromatic carbocycles. The summed E-state index contributed by atoms with van der Waals surface area (Å²) in [4.78, 5) is 0. The summed E-state index contributed by atoms with van der Waals surface area (Å²) in [6, 6.07) is 21.5. The number of aliphatic hydroxyl groups is 1. The van der Waals surface area contributed by atoms with E-state index in [0.717, 1.165) is 0 Å². The van der Waals surface area contributed by atoms with Crippen molar-refractivity contribution in [3.63, 3.8) is 0 Å². The summed E-state index contributed by atoms with van der Waals surface area (Å²) in [6.45, 7) is 0.335. The summed E-state index contributed by atoms with van der Waals surface area (Å²) >= 11 is 0. The molecule has 3 atom stereocenters. The van der Waals surface area contributed by atoms with E-state index in [0.29, 0.717) is 24.4 Å². The quantitative estimate of drug-likeness (QED) is 0.880. The van der Waals surface area contributed by atoms with Crippen LogP contribution in [-0.2, 0) is 0 Å². The predicted octanol–water partition coefficient (Wildman–Crippen LogP) is 4.53. The third-order valence-corrected chi connectivity index (χ3v) is 5.47. The molecule has 4 rings (SSSR count). The number of fused-ring (bicyclic) bond motifs is 2. The Morgan fingerprint density at radius 1 is 0.864 bits per heavy atom. The van der Waals surface area contributed by atoms with E-state index in [-0.39, 0.29) is 0 Å². The molecular formula is C21H22O. The molecule has 0 aromatic heterocycles. The van der Waals surface area contributed by atoms with Crippen molar-refractivity contribution in [2.24, 2.45) is 17.8 Å². The smallest absolute Gasteiger partial charge is 0.0465 e. The number of benzene rings is 2. The van der Waals surface area contributed by atoms with E-state index in [1.165, 1.54) is 36.0 Å². The van der Waals surface area contributed by atoms with Gasteiger partial charge in [0.2, 0.25) is 0 Å². The SMILES string of the molecule is OC[C@H]1C[C@@H]2CC[C@H]1C2=C(c1ccccc1)c1ccccc1. The first-order valence-electron chi connectivity index (χ1n) is 8.34. The maximum Gasteiger partial charge on any atom is 0.0465 e. The molecule has 0 heterocycles. The number of aliphatic hydroxyl groups excluding tert-OH is 1. The molecule has 0 spiro atoms. The number of hydrogen-bond acceptors (Lipinski definition) is 1.